The topological polar surface area (TPSA) is 99.5 Å². The number of nitrogens with one attached hydrogen (secondary N) is 1. The Morgan fingerprint density at radius 1 is 1.20 bits per heavy atom. The Bertz CT molecular complexity index is 688. The van der Waals surface area contributed by atoms with E-state index < -0.39 is 11.9 Å². The SMILES string of the molecule is O=C(O)c1cncc(NC(=O)c2ccc(Cl)cc2O)c1. The van der Waals surface area contributed by atoms with Gasteiger partial charge in [0.15, 0.2) is 0 Å². The molecule has 1 aromatic heterocycles. The van der Waals surface area contributed by atoms with E-state index in [1.807, 2.05) is 0 Å². The van der Waals surface area contributed by atoms with Crippen molar-refractivity contribution in [2.45, 2.75) is 0 Å². The van der Waals surface area contributed by atoms with Gasteiger partial charge in [0.1, 0.15) is 5.75 Å². The summed E-state index contributed by atoms with van der Waals surface area (Å²) in [7, 11) is 0. The Morgan fingerprint density at radius 3 is 2.60 bits per heavy atom. The summed E-state index contributed by atoms with van der Waals surface area (Å²) in [4.78, 5) is 26.4. The predicted molar refractivity (Wildman–Crippen MR) is 72.3 cm³/mol. The van der Waals surface area contributed by atoms with E-state index >= 15 is 0 Å². The number of hydrogen-bond donors (Lipinski definition) is 3. The van der Waals surface area contributed by atoms with Gasteiger partial charge in [-0.15, -0.1) is 0 Å². The van der Waals surface area contributed by atoms with Crippen LogP contribution in [0, 0.1) is 0 Å². The summed E-state index contributed by atoms with van der Waals surface area (Å²) in [5, 5.41) is 21.2. The number of rotatable bonds is 3. The lowest BCUT2D eigenvalue weighted by Crippen LogP contribution is -2.13. The van der Waals surface area contributed by atoms with E-state index in [4.69, 9.17) is 16.7 Å². The van der Waals surface area contributed by atoms with E-state index in [0.29, 0.717) is 5.02 Å². The molecule has 7 heteroatoms. The summed E-state index contributed by atoms with van der Waals surface area (Å²) in [6.45, 7) is 0. The van der Waals surface area contributed by atoms with Gasteiger partial charge in [-0.1, -0.05) is 11.6 Å². The molecule has 6 nitrogen and oxygen atoms in total. The van der Waals surface area contributed by atoms with E-state index in [1.165, 1.54) is 30.5 Å². The number of carboxylic acids is 1. The Labute approximate surface area is 118 Å². The lowest BCUT2D eigenvalue weighted by atomic mass is 10.2. The van der Waals surface area contributed by atoms with Gasteiger partial charge in [-0.2, -0.15) is 0 Å². The number of anilines is 1. The smallest absolute Gasteiger partial charge is 0.337 e. The van der Waals surface area contributed by atoms with Gasteiger partial charge in [0, 0.05) is 11.2 Å². The van der Waals surface area contributed by atoms with Crippen LogP contribution in [0.3, 0.4) is 0 Å². The first-order valence-corrected chi connectivity index (χ1v) is 5.83. The summed E-state index contributed by atoms with van der Waals surface area (Å²) >= 11 is 5.67. The predicted octanol–water partition coefficient (Wildman–Crippen LogP) is 2.39. The minimum Gasteiger partial charge on any atom is -0.507 e. The Hall–Kier alpha value is -2.60. The van der Waals surface area contributed by atoms with Crippen LogP contribution >= 0.6 is 11.6 Å². The zero-order valence-electron chi connectivity index (χ0n) is 10.0. The van der Waals surface area contributed by atoms with Gasteiger partial charge in [0.05, 0.1) is 23.0 Å². The quantitative estimate of drug-likeness (QED) is 0.806. The first-order valence-electron chi connectivity index (χ1n) is 5.45. The van der Waals surface area contributed by atoms with Crippen molar-refractivity contribution in [3.8, 4) is 5.75 Å². The Balaban J connectivity index is 2.23. The van der Waals surface area contributed by atoms with Gasteiger partial charge >= 0.3 is 5.97 Å². The fourth-order valence-electron chi connectivity index (χ4n) is 1.52. The van der Waals surface area contributed by atoms with Gasteiger partial charge < -0.3 is 15.5 Å². The molecule has 0 fully saturated rings. The van der Waals surface area contributed by atoms with Crippen molar-refractivity contribution >= 4 is 29.2 Å². The van der Waals surface area contributed by atoms with Crippen molar-refractivity contribution in [2.24, 2.45) is 0 Å². The minimum absolute atomic E-state index is 0.0233. The number of phenolic OH excluding ortho intramolecular Hbond substituents is 1. The van der Waals surface area contributed by atoms with Crippen molar-refractivity contribution in [2.75, 3.05) is 5.32 Å². The zero-order chi connectivity index (χ0) is 14.7. The molecule has 0 aliphatic rings. The fraction of sp³-hybridized carbons (Fsp3) is 0. The maximum atomic E-state index is 11.9. The molecule has 0 atom stereocenters. The number of aromatic carboxylic acids is 1. The number of amides is 1. The van der Waals surface area contributed by atoms with Crippen LogP contribution in [0.1, 0.15) is 20.7 Å². The number of benzene rings is 1. The molecule has 0 saturated heterocycles. The molecule has 0 bridgehead atoms. The van der Waals surface area contributed by atoms with Gasteiger partial charge in [0.25, 0.3) is 5.91 Å². The number of carbonyl (C=O) groups is 2. The average Bonchev–Trinajstić information content (AvgIpc) is 2.38. The van der Waals surface area contributed by atoms with Gasteiger partial charge in [0.2, 0.25) is 0 Å². The molecule has 1 amide bonds. The summed E-state index contributed by atoms with van der Waals surface area (Å²) in [5.74, 6) is -2.01. The summed E-state index contributed by atoms with van der Waals surface area (Å²) < 4.78 is 0. The number of nitrogens with zero attached hydrogens (tertiary/aromatic N) is 1. The van der Waals surface area contributed by atoms with Crippen molar-refractivity contribution < 1.29 is 19.8 Å². The third kappa shape index (κ3) is 3.04. The lowest BCUT2D eigenvalue weighted by molar-refractivity contribution is 0.0696. The average molecular weight is 293 g/mol. The number of hydrogen-bond acceptors (Lipinski definition) is 4. The third-order valence-corrected chi connectivity index (χ3v) is 2.68. The van der Waals surface area contributed by atoms with Crippen molar-refractivity contribution in [3.63, 3.8) is 0 Å². The van der Waals surface area contributed by atoms with Crippen LogP contribution in [-0.2, 0) is 0 Å². The molecule has 1 aromatic carbocycles. The fourth-order valence-corrected chi connectivity index (χ4v) is 1.69. The minimum atomic E-state index is -1.15. The molecular formula is C13H9ClN2O4. The van der Waals surface area contributed by atoms with Gasteiger partial charge in [-0.05, 0) is 24.3 Å². The molecule has 2 aromatic rings. The van der Waals surface area contributed by atoms with Crippen LogP contribution in [0.4, 0.5) is 5.69 Å². The van der Waals surface area contributed by atoms with Gasteiger partial charge in [-0.25, -0.2) is 4.79 Å². The van der Waals surface area contributed by atoms with Crippen molar-refractivity contribution in [3.05, 3.63) is 52.8 Å². The number of pyridine rings is 1. The number of carbonyl (C=O) groups excluding carboxylic acids is 1. The van der Waals surface area contributed by atoms with E-state index in [2.05, 4.69) is 10.3 Å². The molecular weight excluding hydrogens is 284 g/mol. The number of aromatic nitrogens is 1. The first kappa shape index (κ1) is 13.8. The molecule has 0 radical (unpaired) electrons. The molecule has 0 saturated carbocycles. The number of phenols is 1. The summed E-state index contributed by atoms with van der Waals surface area (Å²) in [6, 6.07) is 5.33. The lowest BCUT2D eigenvalue weighted by Gasteiger charge is -2.07. The van der Waals surface area contributed by atoms with Crippen molar-refractivity contribution in [1.82, 2.24) is 4.98 Å². The van der Waals surface area contributed by atoms with E-state index in [1.54, 1.807) is 0 Å². The molecule has 0 aliphatic heterocycles. The largest absolute Gasteiger partial charge is 0.507 e. The van der Waals surface area contributed by atoms with Crippen LogP contribution < -0.4 is 5.32 Å². The summed E-state index contributed by atoms with van der Waals surface area (Å²) in [6.07, 6.45) is 2.47. The van der Waals surface area contributed by atoms with E-state index in [-0.39, 0.29) is 22.6 Å². The second-order valence-corrected chi connectivity index (χ2v) is 4.32. The molecule has 102 valence electrons. The van der Waals surface area contributed by atoms with Gasteiger partial charge in [-0.3, -0.25) is 9.78 Å². The highest BCUT2D eigenvalue weighted by atomic mass is 35.5. The first-order chi connectivity index (χ1) is 9.47. The Kier molecular flexibility index (Phi) is 3.86. The van der Waals surface area contributed by atoms with Crippen LogP contribution in [-0.4, -0.2) is 27.1 Å². The molecule has 0 spiro atoms. The molecule has 2 rings (SSSR count). The molecule has 0 aliphatic carbocycles. The van der Waals surface area contributed by atoms with Crippen LogP contribution in [0.5, 0.6) is 5.75 Å². The van der Waals surface area contributed by atoms with Crippen LogP contribution in [0.25, 0.3) is 0 Å². The molecule has 20 heavy (non-hydrogen) atoms. The maximum absolute atomic E-state index is 11.9. The van der Waals surface area contributed by atoms with E-state index in [0.717, 1.165) is 6.20 Å². The second-order valence-electron chi connectivity index (χ2n) is 3.88. The standard InChI is InChI=1S/C13H9ClN2O4/c14-8-1-2-10(11(17)4-8)12(18)16-9-3-7(13(19)20)5-15-6-9/h1-6,17H,(H,16,18)(H,19,20). The molecule has 1 heterocycles. The normalized spacial score (nSPS) is 10.1. The highest BCUT2D eigenvalue weighted by molar-refractivity contribution is 6.31. The second kappa shape index (κ2) is 5.58. The monoisotopic (exact) mass is 292 g/mol. The third-order valence-electron chi connectivity index (χ3n) is 2.45. The summed E-state index contributed by atoms with van der Waals surface area (Å²) in [5.41, 5.74) is 0.183. The number of aromatic hydroxyl groups is 1. The van der Waals surface area contributed by atoms with E-state index in [9.17, 15) is 14.7 Å². The molecule has 3 N–H and O–H groups in total. The molecule has 0 unspecified atom stereocenters. The Morgan fingerprint density at radius 2 is 1.95 bits per heavy atom. The zero-order valence-corrected chi connectivity index (χ0v) is 10.8. The highest BCUT2D eigenvalue weighted by Crippen LogP contribution is 2.23. The number of carboxylic acid groups (broad SMARTS) is 1. The maximum Gasteiger partial charge on any atom is 0.337 e. The van der Waals surface area contributed by atoms with Crippen LogP contribution in [0.15, 0.2) is 36.7 Å². The number of halogens is 1. The van der Waals surface area contributed by atoms with Crippen LogP contribution in [0.2, 0.25) is 5.02 Å². The van der Waals surface area contributed by atoms with Crippen molar-refractivity contribution in [1.29, 1.82) is 0 Å². The highest BCUT2D eigenvalue weighted by Gasteiger charge is 2.13.